The molecule has 0 aromatic heterocycles. The molecule has 2 aromatic rings. The van der Waals surface area contributed by atoms with Gasteiger partial charge in [-0.3, -0.25) is 4.79 Å². The number of fused-ring (bicyclic) bond motifs is 2. The largest absolute Gasteiger partial charge is 0.465 e. The van der Waals surface area contributed by atoms with Gasteiger partial charge in [0.1, 0.15) is 16.9 Å². The van der Waals surface area contributed by atoms with Crippen LogP contribution in [0.2, 0.25) is 0 Å². The van der Waals surface area contributed by atoms with Gasteiger partial charge in [-0.15, -0.1) is 0 Å². The Morgan fingerprint density at radius 1 is 1.05 bits per heavy atom. The second-order valence-corrected chi connectivity index (χ2v) is 4.94. The quantitative estimate of drug-likeness (QED) is 0.780. The van der Waals surface area contributed by atoms with Gasteiger partial charge in [-0.25, -0.2) is 0 Å². The van der Waals surface area contributed by atoms with Crippen molar-refractivity contribution in [2.24, 2.45) is 0 Å². The van der Waals surface area contributed by atoms with Crippen LogP contribution in [-0.4, -0.2) is 12.6 Å². The Bertz CT molecular complexity index is 615. The van der Waals surface area contributed by atoms with Crippen molar-refractivity contribution in [1.29, 1.82) is 0 Å². The van der Waals surface area contributed by atoms with Gasteiger partial charge >= 0.3 is 5.97 Å². The number of para-hydroxylation sites is 2. The lowest BCUT2D eigenvalue weighted by atomic mass is 9.74. The third-order valence-corrected chi connectivity index (χ3v) is 3.76. The topological polar surface area (TPSA) is 35.5 Å². The lowest BCUT2D eigenvalue weighted by Crippen LogP contribution is -2.38. The molecule has 3 rings (SSSR count). The molecule has 0 aliphatic carbocycles. The molecule has 1 heterocycles. The number of carbonyl (C=O) groups excluding carboxylic acids is 1. The highest BCUT2D eigenvalue weighted by atomic mass is 16.5. The van der Waals surface area contributed by atoms with Gasteiger partial charge in [0.2, 0.25) is 0 Å². The van der Waals surface area contributed by atoms with Crippen molar-refractivity contribution in [3.05, 3.63) is 59.7 Å². The molecule has 0 radical (unpaired) electrons. The Morgan fingerprint density at radius 3 is 2.05 bits per heavy atom. The van der Waals surface area contributed by atoms with Crippen LogP contribution in [0.4, 0.5) is 0 Å². The molecule has 0 amide bonds. The van der Waals surface area contributed by atoms with Crippen LogP contribution in [-0.2, 0) is 14.9 Å². The first-order valence-electron chi connectivity index (χ1n) is 6.72. The van der Waals surface area contributed by atoms with E-state index in [9.17, 15) is 4.79 Å². The molecule has 1 aliphatic heterocycles. The Labute approximate surface area is 118 Å². The fourth-order valence-electron chi connectivity index (χ4n) is 2.70. The molecular weight excluding hydrogens is 252 g/mol. The molecule has 0 unspecified atom stereocenters. The van der Waals surface area contributed by atoms with Crippen LogP contribution >= 0.6 is 0 Å². The van der Waals surface area contributed by atoms with Gasteiger partial charge in [0.25, 0.3) is 0 Å². The van der Waals surface area contributed by atoms with E-state index in [1.165, 1.54) is 0 Å². The molecule has 2 aromatic carbocycles. The molecule has 3 nitrogen and oxygen atoms in total. The number of esters is 1. The third kappa shape index (κ3) is 1.70. The minimum Gasteiger partial charge on any atom is -0.465 e. The van der Waals surface area contributed by atoms with Crippen LogP contribution < -0.4 is 4.74 Å². The van der Waals surface area contributed by atoms with Crippen LogP contribution in [0.15, 0.2) is 48.5 Å². The zero-order valence-electron chi connectivity index (χ0n) is 11.6. The number of hydrogen-bond donors (Lipinski definition) is 0. The first kappa shape index (κ1) is 12.7. The van der Waals surface area contributed by atoms with Gasteiger partial charge < -0.3 is 9.47 Å². The normalized spacial score (nSPS) is 14.7. The molecule has 102 valence electrons. The van der Waals surface area contributed by atoms with E-state index in [1.807, 2.05) is 62.4 Å². The predicted octanol–water partition coefficient (Wildman–Crippen LogP) is 3.66. The lowest BCUT2D eigenvalue weighted by molar-refractivity contribution is -0.148. The van der Waals surface area contributed by atoms with Crippen molar-refractivity contribution in [2.75, 3.05) is 6.61 Å². The van der Waals surface area contributed by atoms with Gasteiger partial charge in [0, 0.05) is 11.1 Å². The summed E-state index contributed by atoms with van der Waals surface area (Å²) in [5, 5.41) is 0. The van der Waals surface area contributed by atoms with Gasteiger partial charge in [0.15, 0.2) is 0 Å². The maximum atomic E-state index is 12.6. The first-order chi connectivity index (χ1) is 9.67. The molecule has 0 atom stereocenters. The summed E-state index contributed by atoms with van der Waals surface area (Å²) in [5.74, 6) is 1.17. The zero-order chi connectivity index (χ0) is 14.2. The summed E-state index contributed by atoms with van der Waals surface area (Å²) in [4.78, 5) is 12.6. The highest BCUT2D eigenvalue weighted by Gasteiger charge is 2.45. The van der Waals surface area contributed by atoms with Gasteiger partial charge in [-0.05, 0) is 26.0 Å². The molecule has 0 spiro atoms. The number of carbonyl (C=O) groups is 1. The van der Waals surface area contributed by atoms with Crippen LogP contribution in [0.1, 0.15) is 25.0 Å². The molecule has 3 heteroatoms. The third-order valence-electron chi connectivity index (χ3n) is 3.76. The van der Waals surface area contributed by atoms with Crippen molar-refractivity contribution in [3.8, 4) is 11.5 Å². The van der Waals surface area contributed by atoms with Crippen molar-refractivity contribution in [1.82, 2.24) is 0 Å². The Kier molecular flexibility index (Phi) is 2.97. The van der Waals surface area contributed by atoms with Gasteiger partial charge in [-0.1, -0.05) is 36.4 Å². The number of benzene rings is 2. The van der Waals surface area contributed by atoms with E-state index in [1.54, 1.807) is 0 Å². The van der Waals surface area contributed by atoms with E-state index in [2.05, 4.69) is 0 Å². The Morgan fingerprint density at radius 2 is 1.55 bits per heavy atom. The van der Waals surface area contributed by atoms with E-state index in [-0.39, 0.29) is 5.97 Å². The average Bonchev–Trinajstić information content (AvgIpc) is 2.48. The van der Waals surface area contributed by atoms with Gasteiger partial charge in [-0.2, -0.15) is 0 Å². The zero-order valence-corrected chi connectivity index (χ0v) is 11.6. The molecule has 0 saturated carbocycles. The monoisotopic (exact) mass is 268 g/mol. The Hall–Kier alpha value is -2.29. The van der Waals surface area contributed by atoms with Crippen molar-refractivity contribution >= 4 is 5.97 Å². The SMILES string of the molecule is CCOC(=O)C1(C)c2ccccc2Oc2ccccc21. The standard InChI is InChI=1S/C17H16O3/c1-3-19-16(18)17(2)12-8-4-6-10-14(12)20-15-11-7-5-9-13(15)17/h4-11H,3H2,1-2H3. The Balaban J connectivity index is 2.24. The maximum Gasteiger partial charge on any atom is 0.321 e. The number of hydrogen-bond acceptors (Lipinski definition) is 3. The fraction of sp³-hybridized carbons (Fsp3) is 0.235. The van der Waals surface area contributed by atoms with Crippen molar-refractivity contribution in [2.45, 2.75) is 19.3 Å². The lowest BCUT2D eigenvalue weighted by Gasteiger charge is -2.35. The summed E-state index contributed by atoms with van der Waals surface area (Å²) in [5.41, 5.74) is 0.857. The average molecular weight is 268 g/mol. The molecular formula is C17H16O3. The van der Waals surface area contributed by atoms with E-state index in [4.69, 9.17) is 9.47 Å². The highest BCUT2D eigenvalue weighted by molar-refractivity contribution is 5.90. The maximum absolute atomic E-state index is 12.6. The van der Waals surface area contributed by atoms with E-state index < -0.39 is 5.41 Å². The number of rotatable bonds is 2. The molecule has 20 heavy (non-hydrogen) atoms. The van der Waals surface area contributed by atoms with Crippen LogP contribution in [0.25, 0.3) is 0 Å². The summed E-state index contributed by atoms with van der Waals surface area (Å²) >= 11 is 0. The molecule has 1 aliphatic rings. The van der Waals surface area contributed by atoms with Crippen LogP contribution in [0, 0.1) is 0 Å². The van der Waals surface area contributed by atoms with Crippen molar-refractivity contribution < 1.29 is 14.3 Å². The van der Waals surface area contributed by atoms with Gasteiger partial charge in [0.05, 0.1) is 6.61 Å². The smallest absolute Gasteiger partial charge is 0.321 e. The van der Waals surface area contributed by atoms with E-state index in [0.717, 1.165) is 11.1 Å². The van der Waals surface area contributed by atoms with Crippen LogP contribution in [0.5, 0.6) is 11.5 Å². The molecule has 0 fully saturated rings. The molecule has 0 N–H and O–H groups in total. The number of ether oxygens (including phenoxy) is 2. The minimum atomic E-state index is -0.832. The first-order valence-corrected chi connectivity index (χ1v) is 6.72. The summed E-state index contributed by atoms with van der Waals surface area (Å²) < 4.78 is 11.2. The summed E-state index contributed by atoms with van der Waals surface area (Å²) in [6.07, 6.45) is 0. The summed E-state index contributed by atoms with van der Waals surface area (Å²) in [6, 6.07) is 15.2. The minimum absolute atomic E-state index is 0.247. The summed E-state index contributed by atoms with van der Waals surface area (Å²) in [6.45, 7) is 4.07. The second-order valence-electron chi connectivity index (χ2n) is 4.94. The van der Waals surface area contributed by atoms with Crippen molar-refractivity contribution in [3.63, 3.8) is 0 Å². The van der Waals surface area contributed by atoms with E-state index in [0.29, 0.717) is 18.1 Å². The molecule has 0 saturated heterocycles. The van der Waals surface area contributed by atoms with Crippen LogP contribution in [0.3, 0.4) is 0 Å². The van der Waals surface area contributed by atoms with E-state index >= 15 is 0 Å². The summed E-state index contributed by atoms with van der Waals surface area (Å²) in [7, 11) is 0. The fourth-order valence-corrected chi connectivity index (χ4v) is 2.70. The second kappa shape index (κ2) is 4.67. The molecule has 0 bridgehead atoms. The predicted molar refractivity (Wildman–Crippen MR) is 76.0 cm³/mol. The highest BCUT2D eigenvalue weighted by Crippen LogP contribution is 2.48.